The number of hydrogen-bond donors (Lipinski definition) is 1. The Hall–Kier alpha value is -2.93. The first-order valence-electron chi connectivity index (χ1n) is 9.74. The van der Waals surface area contributed by atoms with Crippen molar-refractivity contribution >= 4 is 0 Å². The number of benzene rings is 2. The van der Waals surface area contributed by atoms with Crippen molar-refractivity contribution in [1.29, 1.82) is 0 Å². The van der Waals surface area contributed by atoms with Crippen molar-refractivity contribution in [2.75, 3.05) is 19.7 Å². The Labute approximate surface area is 166 Å². The summed E-state index contributed by atoms with van der Waals surface area (Å²) in [5.41, 5.74) is 5.85. The lowest BCUT2D eigenvalue weighted by Crippen LogP contribution is -2.19. The molecule has 1 N–H and O–H groups in total. The second-order valence-corrected chi connectivity index (χ2v) is 7.22. The second kappa shape index (κ2) is 8.84. The van der Waals surface area contributed by atoms with Crippen LogP contribution in [0, 0.1) is 11.8 Å². The minimum absolute atomic E-state index is 0.0993. The van der Waals surface area contributed by atoms with E-state index in [2.05, 4.69) is 70.3 Å². The molecule has 3 heteroatoms. The second-order valence-electron chi connectivity index (χ2n) is 7.22. The lowest BCUT2D eigenvalue weighted by Gasteiger charge is -2.16. The molecule has 2 aromatic carbocycles. The van der Waals surface area contributed by atoms with Gasteiger partial charge >= 0.3 is 0 Å². The van der Waals surface area contributed by atoms with E-state index in [4.69, 9.17) is 5.11 Å². The zero-order valence-corrected chi connectivity index (χ0v) is 15.9. The first-order valence-corrected chi connectivity index (χ1v) is 9.74. The van der Waals surface area contributed by atoms with Crippen molar-refractivity contribution < 1.29 is 5.11 Å². The summed E-state index contributed by atoms with van der Waals surface area (Å²) in [6.07, 6.45) is 3.12. The summed E-state index contributed by atoms with van der Waals surface area (Å²) in [6.45, 7) is 3.04. The van der Waals surface area contributed by atoms with E-state index in [-0.39, 0.29) is 6.61 Å². The van der Waals surface area contributed by atoms with Gasteiger partial charge in [-0.15, -0.1) is 0 Å². The van der Waals surface area contributed by atoms with E-state index in [1.165, 1.54) is 23.1 Å². The van der Waals surface area contributed by atoms with Crippen molar-refractivity contribution in [3.8, 4) is 23.1 Å². The molecule has 1 atom stereocenters. The van der Waals surface area contributed by atoms with Crippen LogP contribution in [-0.2, 0) is 6.54 Å². The molecule has 0 bridgehead atoms. The van der Waals surface area contributed by atoms with E-state index in [0.29, 0.717) is 5.92 Å². The molecule has 1 aliphatic heterocycles. The molecule has 1 saturated heterocycles. The van der Waals surface area contributed by atoms with Crippen molar-refractivity contribution in [2.45, 2.75) is 18.9 Å². The monoisotopic (exact) mass is 368 g/mol. The highest BCUT2D eigenvalue weighted by Crippen LogP contribution is 2.30. The van der Waals surface area contributed by atoms with Gasteiger partial charge in [-0.3, -0.25) is 9.88 Å². The molecule has 0 amide bonds. The minimum Gasteiger partial charge on any atom is -0.384 e. The molecule has 4 rings (SSSR count). The first-order chi connectivity index (χ1) is 13.8. The number of nitrogens with zero attached hydrogens (tertiary/aromatic N) is 2. The quantitative estimate of drug-likeness (QED) is 0.705. The summed E-state index contributed by atoms with van der Waals surface area (Å²) in [7, 11) is 0. The minimum atomic E-state index is -0.0993. The molecule has 1 fully saturated rings. The van der Waals surface area contributed by atoms with Gasteiger partial charge in [-0.2, -0.15) is 0 Å². The fourth-order valence-electron chi connectivity index (χ4n) is 3.81. The van der Waals surface area contributed by atoms with E-state index in [0.717, 1.165) is 30.9 Å². The summed E-state index contributed by atoms with van der Waals surface area (Å²) in [5.74, 6) is 6.19. The van der Waals surface area contributed by atoms with Crippen LogP contribution < -0.4 is 0 Å². The molecule has 3 aromatic rings. The highest BCUT2D eigenvalue weighted by Gasteiger charge is 2.24. The zero-order valence-electron chi connectivity index (χ0n) is 15.9. The van der Waals surface area contributed by atoms with Crippen LogP contribution in [-0.4, -0.2) is 34.7 Å². The molecule has 0 spiro atoms. The third-order valence-corrected chi connectivity index (χ3v) is 5.27. The molecule has 0 aliphatic carbocycles. The molecule has 0 unspecified atom stereocenters. The van der Waals surface area contributed by atoms with Gasteiger partial charge < -0.3 is 5.11 Å². The average Bonchev–Trinajstić information content (AvgIpc) is 3.22. The number of likely N-dealkylation sites (tertiary alicyclic amines) is 1. The highest BCUT2D eigenvalue weighted by atomic mass is 16.2. The first kappa shape index (κ1) is 18.4. The summed E-state index contributed by atoms with van der Waals surface area (Å²) in [6, 6.07) is 23.1. The van der Waals surface area contributed by atoms with E-state index in [1.807, 2.05) is 24.4 Å². The van der Waals surface area contributed by atoms with Gasteiger partial charge in [0.15, 0.2) is 0 Å². The Morgan fingerprint density at radius 1 is 1.04 bits per heavy atom. The molecular weight excluding hydrogens is 344 g/mol. The number of aromatic nitrogens is 1. The van der Waals surface area contributed by atoms with Crippen LogP contribution in [0.5, 0.6) is 0 Å². The molecule has 0 saturated carbocycles. The van der Waals surface area contributed by atoms with Crippen LogP contribution in [0.4, 0.5) is 0 Å². The van der Waals surface area contributed by atoms with E-state index >= 15 is 0 Å². The lowest BCUT2D eigenvalue weighted by molar-refractivity contribution is 0.327. The predicted molar refractivity (Wildman–Crippen MR) is 113 cm³/mol. The van der Waals surface area contributed by atoms with E-state index in [1.54, 1.807) is 0 Å². The third-order valence-electron chi connectivity index (χ3n) is 5.27. The maximum atomic E-state index is 8.79. The molecule has 1 aliphatic rings. The molecule has 28 heavy (non-hydrogen) atoms. The third kappa shape index (κ3) is 4.48. The standard InChI is InChI=1S/C25H24N2O/c28-16-4-5-20-8-10-21(11-9-20)18-27-15-13-24(19-27)23-12-14-26-25(17-23)22-6-2-1-3-7-22/h1-3,6-12,14,17,24,28H,13,15-16,18-19H2/t24-/m1/s1. The SMILES string of the molecule is OCC#Cc1ccc(CN2CC[C@@H](c3ccnc(-c4ccccc4)c3)C2)cc1. The fourth-order valence-corrected chi connectivity index (χ4v) is 3.81. The molecule has 0 radical (unpaired) electrons. The molecule has 140 valence electrons. The van der Waals surface area contributed by atoms with Crippen LogP contribution in [0.1, 0.15) is 29.0 Å². The Morgan fingerprint density at radius 2 is 1.86 bits per heavy atom. The normalized spacial score (nSPS) is 16.5. The van der Waals surface area contributed by atoms with Gasteiger partial charge in [0, 0.05) is 30.4 Å². The Balaban J connectivity index is 1.40. The van der Waals surface area contributed by atoms with Gasteiger partial charge in [0.1, 0.15) is 6.61 Å². The van der Waals surface area contributed by atoms with Gasteiger partial charge in [0.25, 0.3) is 0 Å². The van der Waals surface area contributed by atoms with Crippen molar-refractivity contribution in [2.24, 2.45) is 0 Å². The van der Waals surface area contributed by atoms with Crippen LogP contribution in [0.15, 0.2) is 72.9 Å². The summed E-state index contributed by atoms with van der Waals surface area (Å²) in [5, 5.41) is 8.79. The smallest absolute Gasteiger partial charge is 0.104 e. The number of pyridine rings is 1. The van der Waals surface area contributed by atoms with Crippen LogP contribution in [0.25, 0.3) is 11.3 Å². The van der Waals surface area contributed by atoms with Crippen LogP contribution >= 0.6 is 0 Å². The van der Waals surface area contributed by atoms with Crippen molar-refractivity contribution in [1.82, 2.24) is 9.88 Å². The number of hydrogen-bond acceptors (Lipinski definition) is 3. The van der Waals surface area contributed by atoms with Gasteiger partial charge in [-0.25, -0.2) is 0 Å². The largest absolute Gasteiger partial charge is 0.384 e. The number of aliphatic hydroxyl groups is 1. The maximum absolute atomic E-state index is 8.79. The van der Waals surface area contributed by atoms with Crippen LogP contribution in [0.2, 0.25) is 0 Å². The van der Waals surface area contributed by atoms with E-state index < -0.39 is 0 Å². The van der Waals surface area contributed by atoms with Gasteiger partial charge in [0.05, 0.1) is 5.69 Å². The van der Waals surface area contributed by atoms with Gasteiger partial charge in [-0.05, 0) is 54.3 Å². The van der Waals surface area contributed by atoms with Crippen LogP contribution in [0.3, 0.4) is 0 Å². The Kier molecular flexibility index (Phi) is 5.82. The highest BCUT2D eigenvalue weighted by molar-refractivity contribution is 5.59. The lowest BCUT2D eigenvalue weighted by atomic mass is 9.97. The number of rotatable bonds is 4. The Bertz CT molecular complexity index is 971. The van der Waals surface area contributed by atoms with Gasteiger partial charge in [0.2, 0.25) is 0 Å². The molecular formula is C25H24N2O. The van der Waals surface area contributed by atoms with Crippen molar-refractivity contribution in [3.63, 3.8) is 0 Å². The summed E-state index contributed by atoms with van der Waals surface area (Å²) in [4.78, 5) is 7.07. The van der Waals surface area contributed by atoms with Crippen molar-refractivity contribution in [3.05, 3.63) is 89.6 Å². The number of aliphatic hydroxyl groups excluding tert-OH is 1. The summed E-state index contributed by atoms with van der Waals surface area (Å²) < 4.78 is 0. The molecule has 1 aromatic heterocycles. The van der Waals surface area contributed by atoms with Gasteiger partial charge in [-0.1, -0.05) is 54.3 Å². The Morgan fingerprint density at radius 3 is 2.64 bits per heavy atom. The maximum Gasteiger partial charge on any atom is 0.104 e. The fraction of sp³-hybridized carbons (Fsp3) is 0.240. The predicted octanol–water partition coefficient (Wildman–Crippen LogP) is 4.08. The zero-order chi connectivity index (χ0) is 19.2. The topological polar surface area (TPSA) is 36.4 Å². The summed E-state index contributed by atoms with van der Waals surface area (Å²) >= 11 is 0. The molecule has 3 nitrogen and oxygen atoms in total. The molecule has 2 heterocycles. The average molecular weight is 368 g/mol. The van der Waals surface area contributed by atoms with E-state index in [9.17, 15) is 0 Å².